The first-order valence-corrected chi connectivity index (χ1v) is 11.4. The van der Waals surface area contributed by atoms with E-state index < -0.39 is 7.82 Å². The van der Waals surface area contributed by atoms with E-state index in [1.165, 1.54) is 18.1 Å². The number of hydrogen-bond acceptors (Lipinski definition) is 4. The summed E-state index contributed by atoms with van der Waals surface area (Å²) in [5.74, 6) is 0. The van der Waals surface area contributed by atoms with Gasteiger partial charge in [0, 0.05) is 6.61 Å². The Labute approximate surface area is 136 Å². The third-order valence-corrected chi connectivity index (χ3v) is 5.47. The fourth-order valence-corrected chi connectivity index (χ4v) is 3.75. The molecule has 0 aromatic heterocycles. The van der Waals surface area contributed by atoms with Gasteiger partial charge in [0.1, 0.15) is 0 Å². The predicted octanol–water partition coefficient (Wildman–Crippen LogP) is 4.07. The lowest BCUT2D eigenvalue weighted by Gasteiger charge is -2.11. The molecular formula is C14H32AlO5P. The molecule has 0 spiro atoms. The quantitative estimate of drug-likeness (QED) is 0.369. The fourth-order valence-electron chi connectivity index (χ4n) is 1.79. The van der Waals surface area contributed by atoms with E-state index in [0.29, 0.717) is 13.2 Å². The second-order valence-corrected chi connectivity index (χ2v) is 8.20. The molecule has 1 aliphatic rings. The fraction of sp³-hybridized carbons (Fsp3) is 1.00. The largest absolute Gasteiger partial charge is 0.503 e. The highest BCUT2D eigenvalue weighted by Crippen LogP contribution is 2.43. The first kappa shape index (κ1) is 21.6. The molecule has 1 saturated heterocycles. The van der Waals surface area contributed by atoms with Crippen molar-refractivity contribution in [1.82, 2.24) is 0 Å². The average molecular weight is 338 g/mol. The Bertz CT molecular complexity index is 234. The lowest BCUT2D eigenvalue weighted by atomic mass is 10.3. The molecule has 1 rings (SSSR count). The number of rotatable bonds is 10. The van der Waals surface area contributed by atoms with Crippen LogP contribution in [-0.2, 0) is 17.4 Å². The summed E-state index contributed by atoms with van der Waals surface area (Å²) < 4.78 is 26.1. The Morgan fingerprint density at radius 2 is 1.62 bits per heavy atom. The molecule has 1 aliphatic heterocycles. The topological polar surface area (TPSA) is 65.0 Å². The van der Waals surface area contributed by atoms with Crippen LogP contribution in [-0.4, -0.2) is 40.3 Å². The van der Waals surface area contributed by atoms with Crippen LogP contribution in [0.25, 0.3) is 0 Å². The van der Waals surface area contributed by atoms with E-state index in [-0.39, 0.29) is 15.6 Å². The summed E-state index contributed by atoms with van der Waals surface area (Å²) in [7, 11) is -3.77. The van der Waals surface area contributed by atoms with Crippen LogP contribution in [0, 0.1) is 0 Å². The standard InChI is InChI=1S/C10H23O4P.C4H8O.Al.H/c1-3-5-7-9-13-15(11,12)14-10-8-6-4-2;1-2-3-4-5;;/h3-10H2,1-2H3,(H,11,12);1-4H2;;/q;-1;+1;. The monoisotopic (exact) mass is 338 g/mol. The van der Waals surface area contributed by atoms with Gasteiger partial charge in [-0.2, -0.15) is 0 Å². The lowest BCUT2D eigenvalue weighted by molar-refractivity contribution is 0.145. The van der Waals surface area contributed by atoms with Crippen LogP contribution in [0.5, 0.6) is 0 Å². The minimum absolute atomic E-state index is 0.00849. The minimum Gasteiger partial charge on any atom is -0.503 e. The summed E-state index contributed by atoms with van der Waals surface area (Å²) >= 11 is 0.00849. The van der Waals surface area contributed by atoms with Gasteiger partial charge in [-0.3, -0.25) is 9.05 Å². The third-order valence-electron chi connectivity index (χ3n) is 3.08. The number of phosphoric ester groups is 1. The van der Waals surface area contributed by atoms with Crippen molar-refractivity contribution in [2.75, 3.05) is 19.8 Å². The van der Waals surface area contributed by atoms with Gasteiger partial charge in [0.2, 0.25) is 0 Å². The maximum Gasteiger partial charge on any atom is 0.472 e. The maximum atomic E-state index is 11.3. The molecule has 21 heavy (non-hydrogen) atoms. The van der Waals surface area contributed by atoms with E-state index in [4.69, 9.17) is 12.8 Å². The Hall–Kier alpha value is 0.602. The van der Waals surface area contributed by atoms with Crippen LogP contribution in [0.15, 0.2) is 0 Å². The zero-order chi connectivity index (χ0) is 15.8. The average Bonchev–Trinajstić information content (AvgIpc) is 2.51. The molecule has 1 N–H and O–H groups in total. The number of hydrogen-bond donors (Lipinski definition) is 1. The molecule has 0 bridgehead atoms. The number of unbranched alkanes of at least 4 members (excludes halogenated alkanes) is 4. The summed E-state index contributed by atoms with van der Waals surface area (Å²) in [6.07, 6.45) is 8.51. The molecule has 126 valence electrons. The zero-order valence-electron chi connectivity index (χ0n) is 13.7. The molecular weight excluding hydrogens is 306 g/mol. The van der Waals surface area contributed by atoms with Gasteiger partial charge in [-0.25, -0.2) is 4.57 Å². The van der Waals surface area contributed by atoms with Crippen LogP contribution >= 0.6 is 7.82 Å². The molecule has 5 nitrogen and oxygen atoms in total. The second kappa shape index (κ2) is 15.5. The molecule has 0 saturated carbocycles. The van der Waals surface area contributed by atoms with Crippen LogP contribution in [0.3, 0.4) is 0 Å². The van der Waals surface area contributed by atoms with Gasteiger partial charge < -0.3 is 8.68 Å². The van der Waals surface area contributed by atoms with Crippen LogP contribution in [0.4, 0.5) is 0 Å². The summed E-state index contributed by atoms with van der Waals surface area (Å²) in [6.45, 7) is 5.80. The van der Waals surface area contributed by atoms with E-state index in [0.717, 1.165) is 45.1 Å². The van der Waals surface area contributed by atoms with Gasteiger partial charge in [0.05, 0.1) is 13.2 Å². The first-order chi connectivity index (χ1) is 10.1. The van der Waals surface area contributed by atoms with Gasteiger partial charge in [-0.1, -0.05) is 51.2 Å². The SMILES string of the molecule is C1C[CH2][AlH][O]C1.CCCCCOP(=O)(O)OCCCCC. The Balaban J connectivity index is 0.000000547. The molecule has 0 amide bonds. The first-order valence-electron chi connectivity index (χ1n) is 8.32. The van der Waals surface area contributed by atoms with Crippen molar-refractivity contribution in [2.45, 2.75) is 70.5 Å². The van der Waals surface area contributed by atoms with Gasteiger partial charge in [-0.05, 0) is 19.3 Å². The summed E-state index contributed by atoms with van der Waals surface area (Å²) in [4.78, 5) is 9.22. The smallest absolute Gasteiger partial charge is 0.472 e. The molecule has 0 aromatic rings. The Kier molecular flexibility index (Phi) is 15.9. The third kappa shape index (κ3) is 16.8. The molecule has 1 heterocycles. The Morgan fingerprint density at radius 3 is 1.90 bits per heavy atom. The molecule has 0 aromatic carbocycles. The lowest BCUT2D eigenvalue weighted by Crippen LogP contribution is -2.06. The van der Waals surface area contributed by atoms with Gasteiger partial charge in [0.15, 0.2) is 0 Å². The van der Waals surface area contributed by atoms with E-state index in [1.54, 1.807) is 0 Å². The van der Waals surface area contributed by atoms with E-state index in [9.17, 15) is 9.46 Å². The highest BCUT2D eigenvalue weighted by atomic mass is 31.2. The highest BCUT2D eigenvalue weighted by molar-refractivity contribution is 7.47. The summed E-state index contributed by atoms with van der Waals surface area (Å²) in [6, 6.07) is 0. The minimum atomic E-state index is -3.77. The van der Waals surface area contributed by atoms with E-state index >= 15 is 0 Å². The van der Waals surface area contributed by atoms with Gasteiger partial charge >= 0.3 is 23.4 Å². The highest BCUT2D eigenvalue weighted by Gasteiger charge is 2.19. The van der Waals surface area contributed by atoms with Crippen molar-refractivity contribution in [3.63, 3.8) is 0 Å². The predicted molar refractivity (Wildman–Crippen MR) is 87.9 cm³/mol. The van der Waals surface area contributed by atoms with Crippen LogP contribution < -0.4 is 0 Å². The van der Waals surface area contributed by atoms with Crippen molar-refractivity contribution in [2.24, 2.45) is 0 Å². The Morgan fingerprint density at radius 1 is 1.05 bits per heavy atom. The van der Waals surface area contributed by atoms with Gasteiger partial charge in [0.25, 0.3) is 0 Å². The van der Waals surface area contributed by atoms with E-state index in [1.807, 2.05) is 0 Å². The zero-order valence-corrected chi connectivity index (χ0v) is 16.0. The molecule has 0 atom stereocenters. The van der Waals surface area contributed by atoms with Crippen molar-refractivity contribution in [1.29, 1.82) is 0 Å². The maximum absolute atomic E-state index is 11.3. The van der Waals surface area contributed by atoms with Crippen molar-refractivity contribution < 1.29 is 22.3 Å². The van der Waals surface area contributed by atoms with Crippen molar-refractivity contribution in [3.05, 3.63) is 0 Å². The van der Waals surface area contributed by atoms with E-state index in [2.05, 4.69) is 13.8 Å². The normalized spacial score (nSPS) is 15.0. The van der Waals surface area contributed by atoms with Crippen LogP contribution in [0.1, 0.15) is 65.2 Å². The second-order valence-electron chi connectivity index (χ2n) is 5.22. The molecule has 0 radical (unpaired) electrons. The molecule has 0 unspecified atom stereocenters. The number of phosphoric acid groups is 1. The van der Waals surface area contributed by atoms with Crippen molar-refractivity contribution >= 4 is 23.4 Å². The molecule has 0 aliphatic carbocycles. The van der Waals surface area contributed by atoms with Crippen molar-refractivity contribution in [3.8, 4) is 0 Å². The summed E-state index contributed by atoms with van der Waals surface area (Å²) in [5.41, 5.74) is 0. The van der Waals surface area contributed by atoms with Crippen LogP contribution in [0.2, 0.25) is 5.28 Å². The summed E-state index contributed by atoms with van der Waals surface area (Å²) in [5, 5.41) is 1.42. The molecule has 7 heteroatoms. The van der Waals surface area contributed by atoms with Gasteiger partial charge in [-0.15, -0.1) is 0 Å². The molecule has 1 fully saturated rings.